The number of unbranched alkanes of at least 4 members (excludes halogenated alkanes) is 1. The van der Waals surface area contributed by atoms with Crippen LogP contribution in [-0.2, 0) is 32.4 Å². The van der Waals surface area contributed by atoms with E-state index in [2.05, 4.69) is 20.8 Å². The van der Waals surface area contributed by atoms with Gasteiger partial charge in [-0.3, -0.25) is 0 Å². The van der Waals surface area contributed by atoms with Crippen LogP contribution in [0, 0.1) is 84.0 Å². The molecule has 0 bridgehead atoms. The number of alkyl halides is 3. The summed E-state index contributed by atoms with van der Waals surface area (Å²) < 4.78 is 37.4. The maximum Gasteiger partial charge on any atom is 2.00 e. The van der Waals surface area contributed by atoms with Crippen molar-refractivity contribution in [2.45, 2.75) is 64.0 Å². The van der Waals surface area contributed by atoms with Gasteiger partial charge in [-0.05, 0) is 76.3 Å². The molecule has 3 aliphatic rings. The van der Waals surface area contributed by atoms with Crippen molar-refractivity contribution < 1.29 is 39.4 Å². The average molecular weight is 534 g/mol. The van der Waals surface area contributed by atoms with Crippen LogP contribution in [-0.4, -0.2) is 0 Å². The van der Waals surface area contributed by atoms with Crippen molar-refractivity contribution in [3.63, 3.8) is 0 Å². The first kappa shape index (κ1) is 32.9. The molecule has 0 heterocycles. The zero-order valence-corrected chi connectivity index (χ0v) is 22.2. The standard InChI is InChI=1S/C15H18F3.2C5H5.C4H9.Zr/c1-11(12-5-3-2-4-6-12)13-7-9-14(10-8-13)15(16,17)18;2*1-2-4-5-3-1;1-3-4-2;/h7-12H,1-6H2;2*1-5H;1,3-4H2,2H3;/q-1;;;-1;+2. The molecule has 0 aliphatic heterocycles. The maximum absolute atomic E-state index is 12.5. The van der Waals surface area contributed by atoms with Crippen molar-refractivity contribution in [2.24, 2.45) is 5.92 Å². The summed E-state index contributed by atoms with van der Waals surface area (Å²) in [6, 6.07) is 5.48. The van der Waals surface area contributed by atoms with Gasteiger partial charge in [0.25, 0.3) is 0 Å². The number of rotatable bonds is 3. The smallest absolute Gasteiger partial charge is 0.343 e. The van der Waals surface area contributed by atoms with Gasteiger partial charge in [0.05, 0.1) is 5.56 Å². The van der Waals surface area contributed by atoms with Gasteiger partial charge in [0.15, 0.2) is 0 Å². The second-order valence-electron chi connectivity index (χ2n) is 7.90. The second-order valence-corrected chi connectivity index (χ2v) is 7.90. The first-order valence-electron chi connectivity index (χ1n) is 11.5. The van der Waals surface area contributed by atoms with Crippen molar-refractivity contribution >= 4 is 0 Å². The molecule has 1 aromatic carbocycles. The zero-order chi connectivity index (χ0) is 23.7. The predicted molar refractivity (Wildman–Crippen MR) is 129 cm³/mol. The minimum absolute atomic E-state index is 0. The van der Waals surface area contributed by atoms with E-state index in [-0.39, 0.29) is 32.1 Å². The van der Waals surface area contributed by atoms with E-state index in [1.54, 1.807) is 12.1 Å². The van der Waals surface area contributed by atoms with E-state index < -0.39 is 11.7 Å². The molecule has 33 heavy (non-hydrogen) atoms. The Balaban J connectivity index is 0.000000553. The molecule has 10 radical (unpaired) electrons. The Hall–Kier alpha value is -0.107. The van der Waals surface area contributed by atoms with E-state index >= 15 is 0 Å². The monoisotopic (exact) mass is 532 g/mol. The van der Waals surface area contributed by atoms with Gasteiger partial charge in [0.2, 0.25) is 0 Å². The van der Waals surface area contributed by atoms with E-state index in [4.69, 9.17) is 0 Å². The number of halogens is 3. The van der Waals surface area contributed by atoms with Crippen LogP contribution in [0.15, 0.2) is 24.3 Å². The van der Waals surface area contributed by atoms with Gasteiger partial charge >= 0.3 is 32.4 Å². The Morgan fingerprint density at radius 2 is 1.15 bits per heavy atom. The van der Waals surface area contributed by atoms with Crippen molar-refractivity contribution in [1.82, 2.24) is 0 Å². The Morgan fingerprint density at radius 3 is 1.45 bits per heavy atom. The van der Waals surface area contributed by atoms with Gasteiger partial charge in [-0.1, -0.05) is 69.1 Å². The van der Waals surface area contributed by atoms with Crippen LogP contribution < -0.4 is 0 Å². The van der Waals surface area contributed by atoms with E-state index in [9.17, 15) is 13.2 Å². The largest absolute Gasteiger partial charge is 2.00 e. The molecule has 0 saturated heterocycles. The summed E-state index contributed by atoms with van der Waals surface area (Å²) in [7, 11) is 0. The molecule has 4 heteroatoms. The van der Waals surface area contributed by atoms with Crippen LogP contribution in [0.4, 0.5) is 13.2 Å². The first-order valence-corrected chi connectivity index (χ1v) is 11.5. The summed E-state index contributed by atoms with van der Waals surface area (Å²) in [5, 5.41) is 0. The summed E-state index contributed by atoms with van der Waals surface area (Å²) in [5.41, 5.74) is 0.344. The van der Waals surface area contributed by atoms with Gasteiger partial charge in [0.1, 0.15) is 0 Å². The molecule has 0 nitrogen and oxygen atoms in total. The molecular weight excluding hydrogens is 497 g/mol. The van der Waals surface area contributed by atoms with E-state index in [1.165, 1.54) is 25.7 Å². The molecule has 3 saturated carbocycles. The molecule has 1 atom stereocenters. The molecule has 0 amide bonds. The Morgan fingerprint density at radius 1 is 0.788 bits per heavy atom. The summed E-state index contributed by atoms with van der Waals surface area (Å²) in [6.07, 6.45) is 24.0. The Bertz CT molecular complexity index is 512. The van der Waals surface area contributed by atoms with Gasteiger partial charge in [-0.15, -0.1) is 5.92 Å². The SMILES string of the molecule is [CH2-]C(c1ccc(C(F)(F)F)cc1)C1CCCCC1.[CH2-]CCC.[CH]1[CH][CH][CH][CH]1.[CH]1[CH][CH][CH][CH]1.[Zr+2]. The fourth-order valence-electron chi connectivity index (χ4n) is 3.37. The summed E-state index contributed by atoms with van der Waals surface area (Å²) >= 11 is 0. The van der Waals surface area contributed by atoms with Crippen molar-refractivity contribution in [3.8, 4) is 0 Å². The fraction of sp³-hybridized carbons (Fsp3) is 0.379. The zero-order valence-electron chi connectivity index (χ0n) is 19.7. The van der Waals surface area contributed by atoms with Gasteiger partial charge < -0.3 is 13.8 Å². The summed E-state index contributed by atoms with van der Waals surface area (Å²) in [6.45, 7) is 9.86. The molecule has 178 valence electrons. The van der Waals surface area contributed by atoms with E-state index in [0.29, 0.717) is 5.92 Å². The third-order valence-corrected chi connectivity index (χ3v) is 5.35. The van der Waals surface area contributed by atoms with Gasteiger partial charge in [-0.2, -0.15) is 19.6 Å². The van der Waals surface area contributed by atoms with Crippen LogP contribution in [0.5, 0.6) is 0 Å². The van der Waals surface area contributed by atoms with Gasteiger partial charge in [0, 0.05) is 0 Å². The summed E-state index contributed by atoms with van der Waals surface area (Å²) in [5.74, 6) is 0.642. The minimum atomic E-state index is -4.25. The third-order valence-electron chi connectivity index (χ3n) is 5.35. The molecular formula is C29H37F3Zr. The molecule has 3 aliphatic carbocycles. The minimum Gasteiger partial charge on any atom is -0.343 e. The average Bonchev–Trinajstić information content (AvgIpc) is 3.58. The Labute approximate surface area is 222 Å². The fourth-order valence-corrected chi connectivity index (χ4v) is 3.37. The van der Waals surface area contributed by atoms with Crippen LogP contribution in [0.2, 0.25) is 0 Å². The number of hydrogen-bond donors (Lipinski definition) is 0. The topological polar surface area (TPSA) is 0 Å². The number of hydrogen-bond acceptors (Lipinski definition) is 0. The maximum atomic E-state index is 12.5. The van der Waals surface area contributed by atoms with Crippen LogP contribution >= 0.6 is 0 Å². The second kappa shape index (κ2) is 20.1. The Kier molecular flexibility index (Phi) is 20.1. The molecule has 4 rings (SSSR count). The molecule has 3 fully saturated rings. The predicted octanol–water partition coefficient (Wildman–Crippen LogP) is 8.86. The van der Waals surface area contributed by atoms with E-state index in [1.807, 2.05) is 64.2 Å². The van der Waals surface area contributed by atoms with E-state index in [0.717, 1.165) is 37.0 Å². The first-order chi connectivity index (χ1) is 15.4. The summed E-state index contributed by atoms with van der Waals surface area (Å²) in [4.78, 5) is 0. The molecule has 1 aromatic rings. The van der Waals surface area contributed by atoms with Crippen molar-refractivity contribution in [3.05, 3.63) is 113 Å². The van der Waals surface area contributed by atoms with Crippen LogP contribution in [0.25, 0.3) is 0 Å². The van der Waals surface area contributed by atoms with Crippen LogP contribution in [0.3, 0.4) is 0 Å². The third kappa shape index (κ3) is 15.5. The molecule has 0 spiro atoms. The van der Waals surface area contributed by atoms with Crippen LogP contribution in [0.1, 0.15) is 68.9 Å². The molecule has 0 aromatic heterocycles. The van der Waals surface area contributed by atoms with Gasteiger partial charge in [-0.25, -0.2) is 0 Å². The molecule has 0 N–H and O–H groups in total. The molecule has 1 unspecified atom stereocenters. The normalized spacial score (nSPS) is 19.0. The number of benzene rings is 1. The van der Waals surface area contributed by atoms with Crippen molar-refractivity contribution in [2.75, 3.05) is 0 Å². The van der Waals surface area contributed by atoms with Crippen molar-refractivity contribution in [1.29, 1.82) is 0 Å². The quantitative estimate of drug-likeness (QED) is 0.340.